The molecule has 0 radical (unpaired) electrons. The van der Waals surface area contributed by atoms with Gasteiger partial charge in [-0.2, -0.15) is 4.98 Å². The summed E-state index contributed by atoms with van der Waals surface area (Å²) in [6.45, 7) is 1.35. The van der Waals surface area contributed by atoms with Crippen LogP contribution in [0, 0.1) is 0 Å². The van der Waals surface area contributed by atoms with E-state index in [1.165, 1.54) is 13.0 Å². The first-order valence-electron chi connectivity index (χ1n) is 9.74. The number of carbonyl (C=O) groups excluding carboxylic acids is 2. The van der Waals surface area contributed by atoms with Crippen LogP contribution in [-0.2, 0) is 20.9 Å². The van der Waals surface area contributed by atoms with Gasteiger partial charge >= 0.3 is 5.97 Å². The Labute approximate surface area is 185 Å². The molecule has 1 N–H and O–H groups in total. The van der Waals surface area contributed by atoms with Gasteiger partial charge in [-0.15, -0.1) is 0 Å². The normalized spacial score (nSPS) is 11.7. The molecular weight excluding hydrogens is 414 g/mol. The molecule has 9 nitrogen and oxygen atoms in total. The highest BCUT2D eigenvalue weighted by Crippen LogP contribution is 2.20. The van der Waals surface area contributed by atoms with Gasteiger partial charge in [0.2, 0.25) is 11.7 Å². The van der Waals surface area contributed by atoms with Crippen molar-refractivity contribution in [3.63, 3.8) is 0 Å². The van der Waals surface area contributed by atoms with Crippen LogP contribution in [0.15, 0.2) is 59.1 Å². The highest BCUT2D eigenvalue weighted by molar-refractivity contribution is 5.94. The highest BCUT2D eigenvalue weighted by Gasteiger charge is 2.18. The third kappa shape index (κ3) is 6.18. The van der Waals surface area contributed by atoms with Crippen molar-refractivity contribution in [1.29, 1.82) is 0 Å². The third-order valence-corrected chi connectivity index (χ3v) is 4.40. The topological polar surface area (TPSA) is 113 Å². The largest absolute Gasteiger partial charge is 0.497 e. The maximum Gasteiger partial charge on any atom is 0.328 e. The third-order valence-electron chi connectivity index (χ3n) is 4.40. The second-order valence-corrected chi connectivity index (χ2v) is 6.69. The molecule has 1 heterocycles. The number of benzene rings is 2. The quantitative estimate of drug-likeness (QED) is 0.402. The molecule has 1 atom stereocenters. The fraction of sp³-hybridized carbons (Fsp3) is 0.217. The molecule has 0 saturated carbocycles. The van der Waals surface area contributed by atoms with Crippen molar-refractivity contribution in [2.45, 2.75) is 19.6 Å². The zero-order chi connectivity index (χ0) is 22.9. The molecule has 0 bridgehead atoms. The van der Waals surface area contributed by atoms with E-state index >= 15 is 0 Å². The zero-order valence-corrected chi connectivity index (χ0v) is 17.9. The minimum atomic E-state index is -0.851. The zero-order valence-electron chi connectivity index (χ0n) is 17.9. The molecule has 0 saturated heterocycles. The molecule has 1 aromatic heterocycles. The van der Waals surface area contributed by atoms with E-state index in [0.717, 1.165) is 11.3 Å². The van der Waals surface area contributed by atoms with Crippen LogP contribution >= 0.6 is 0 Å². The Kier molecular flexibility index (Phi) is 7.58. The lowest BCUT2D eigenvalue weighted by atomic mass is 10.2. The summed E-state index contributed by atoms with van der Waals surface area (Å²) < 4.78 is 20.6. The summed E-state index contributed by atoms with van der Waals surface area (Å²) in [5, 5.41) is 6.35. The molecule has 3 aromatic rings. The molecule has 0 aliphatic rings. The van der Waals surface area contributed by atoms with Gasteiger partial charge in [0.15, 0.2) is 6.61 Å². The predicted octanol–water partition coefficient (Wildman–Crippen LogP) is 3.02. The average molecular weight is 437 g/mol. The molecule has 0 unspecified atom stereocenters. The van der Waals surface area contributed by atoms with Crippen molar-refractivity contribution in [2.75, 3.05) is 14.2 Å². The highest BCUT2D eigenvalue weighted by atomic mass is 16.5. The Morgan fingerprint density at radius 1 is 1.03 bits per heavy atom. The van der Waals surface area contributed by atoms with Crippen LogP contribution in [0.2, 0.25) is 0 Å². The van der Waals surface area contributed by atoms with Gasteiger partial charge in [0, 0.05) is 11.6 Å². The van der Waals surface area contributed by atoms with E-state index in [1.807, 2.05) is 12.1 Å². The standard InChI is InChI=1S/C23H23N3O6/c1-15(24-21(27)13-6-16-4-9-18(29-2)10-5-16)23(28)31-14-20-25-22(32-26-20)17-7-11-19(30-3)12-8-17/h4-13,15H,14H2,1-3H3,(H,24,27)/b13-6+/t15-/m0/s1. The van der Waals surface area contributed by atoms with Crippen molar-refractivity contribution >= 4 is 18.0 Å². The number of methoxy groups -OCH3 is 2. The molecule has 1 amide bonds. The number of nitrogens with one attached hydrogen (secondary N) is 1. The lowest BCUT2D eigenvalue weighted by Gasteiger charge is -2.11. The van der Waals surface area contributed by atoms with Crippen LogP contribution in [0.4, 0.5) is 0 Å². The summed E-state index contributed by atoms with van der Waals surface area (Å²) in [6, 6.07) is 13.4. The van der Waals surface area contributed by atoms with E-state index in [9.17, 15) is 9.59 Å². The van der Waals surface area contributed by atoms with Gasteiger partial charge in [0.05, 0.1) is 14.2 Å². The second kappa shape index (κ2) is 10.8. The van der Waals surface area contributed by atoms with Crippen molar-refractivity contribution in [2.24, 2.45) is 0 Å². The molecule has 0 aliphatic heterocycles. The van der Waals surface area contributed by atoms with E-state index < -0.39 is 17.9 Å². The summed E-state index contributed by atoms with van der Waals surface area (Å²) >= 11 is 0. The second-order valence-electron chi connectivity index (χ2n) is 6.69. The average Bonchev–Trinajstić information content (AvgIpc) is 3.30. The fourth-order valence-electron chi connectivity index (χ4n) is 2.63. The first kappa shape index (κ1) is 22.5. The number of carbonyl (C=O) groups is 2. The summed E-state index contributed by atoms with van der Waals surface area (Å²) in [6.07, 6.45) is 2.97. The van der Waals surface area contributed by atoms with Gasteiger partial charge in [0.1, 0.15) is 17.5 Å². The Morgan fingerprint density at radius 3 is 2.28 bits per heavy atom. The number of hydrogen-bond donors (Lipinski definition) is 1. The van der Waals surface area contributed by atoms with Crippen molar-refractivity contribution in [1.82, 2.24) is 15.5 Å². The number of rotatable bonds is 9. The molecule has 2 aromatic carbocycles. The molecule has 9 heteroatoms. The SMILES string of the molecule is COc1ccc(/C=C/C(=O)N[C@@H](C)C(=O)OCc2noc(-c3ccc(OC)cc3)n2)cc1. The molecule has 0 aliphatic carbocycles. The number of hydrogen-bond acceptors (Lipinski definition) is 8. The number of ether oxygens (including phenoxy) is 3. The fourth-order valence-corrected chi connectivity index (χ4v) is 2.63. The van der Waals surface area contributed by atoms with Crippen molar-refractivity contribution in [3.8, 4) is 23.0 Å². The lowest BCUT2D eigenvalue weighted by molar-refractivity contribution is -0.148. The maximum atomic E-state index is 12.2. The minimum absolute atomic E-state index is 0.180. The van der Waals surface area contributed by atoms with Crippen LogP contribution in [0.1, 0.15) is 18.3 Å². The predicted molar refractivity (Wildman–Crippen MR) is 116 cm³/mol. The first-order valence-corrected chi connectivity index (χ1v) is 9.74. The van der Waals surface area contributed by atoms with Gasteiger partial charge in [-0.3, -0.25) is 4.79 Å². The van der Waals surface area contributed by atoms with Crippen LogP contribution in [0.3, 0.4) is 0 Å². The van der Waals surface area contributed by atoms with Gasteiger partial charge < -0.3 is 24.1 Å². The number of amides is 1. The van der Waals surface area contributed by atoms with E-state index in [4.69, 9.17) is 18.7 Å². The van der Waals surface area contributed by atoms with E-state index in [0.29, 0.717) is 17.2 Å². The Balaban J connectivity index is 1.47. The molecule has 166 valence electrons. The Hall–Kier alpha value is -4.14. The first-order chi connectivity index (χ1) is 15.5. The van der Waals surface area contributed by atoms with Crippen molar-refractivity contribution in [3.05, 3.63) is 66.0 Å². The molecule has 3 rings (SSSR count). The van der Waals surface area contributed by atoms with Crippen molar-refractivity contribution < 1.29 is 28.3 Å². The summed E-state index contributed by atoms with van der Waals surface area (Å²) in [5.74, 6) is 0.891. The van der Waals surface area contributed by atoms with Gasteiger partial charge in [-0.05, 0) is 55.0 Å². The van der Waals surface area contributed by atoms with E-state index in [-0.39, 0.29) is 12.4 Å². The van der Waals surface area contributed by atoms with Crippen LogP contribution in [0.25, 0.3) is 17.5 Å². The van der Waals surface area contributed by atoms with Gasteiger partial charge in [-0.25, -0.2) is 4.79 Å². The molecular formula is C23H23N3O6. The molecule has 32 heavy (non-hydrogen) atoms. The van der Waals surface area contributed by atoms with Crippen LogP contribution in [0.5, 0.6) is 11.5 Å². The van der Waals surface area contributed by atoms with Gasteiger partial charge in [-0.1, -0.05) is 17.3 Å². The van der Waals surface area contributed by atoms with E-state index in [1.54, 1.807) is 56.7 Å². The smallest absolute Gasteiger partial charge is 0.328 e. The Bertz CT molecular complexity index is 1070. The number of nitrogens with zero attached hydrogens (tertiary/aromatic N) is 2. The lowest BCUT2D eigenvalue weighted by Crippen LogP contribution is -2.38. The van der Waals surface area contributed by atoms with Crippen LogP contribution in [-0.4, -0.2) is 42.3 Å². The monoisotopic (exact) mass is 437 g/mol. The number of aromatic nitrogens is 2. The maximum absolute atomic E-state index is 12.2. The Morgan fingerprint density at radius 2 is 1.66 bits per heavy atom. The number of esters is 1. The summed E-state index contributed by atoms with van der Waals surface area (Å²) in [4.78, 5) is 28.4. The minimum Gasteiger partial charge on any atom is -0.497 e. The molecule has 0 fully saturated rings. The molecule has 0 spiro atoms. The van der Waals surface area contributed by atoms with E-state index in [2.05, 4.69) is 15.5 Å². The van der Waals surface area contributed by atoms with Crippen LogP contribution < -0.4 is 14.8 Å². The summed E-state index contributed by atoms with van der Waals surface area (Å²) in [5.41, 5.74) is 1.53. The van der Waals surface area contributed by atoms with Gasteiger partial charge in [0.25, 0.3) is 5.89 Å². The summed E-state index contributed by atoms with van der Waals surface area (Å²) in [7, 11) is 3.16.